The minimum Gasteiger partial charge on any atom is -0.373 e. The normalized spacial score (nSPS) is 25.5. The van der Waals surface area contributed by atoms with Crippen LogP contribution in [-0.2, 0) is 20.7 Å². The Morgan fingerprint density at radius 3 is 3.05 bits per heavy atom. The van der Waals surface area contributed by atoms with Crippen LogP contribution < -0.4 is 5.32 Å². The first-order chi connectivity index (χ1) is 10.3. The Morgan fingerprint density at radius 2 is 2.19 bits per heavy atom. The van der Waals surface area contributed by atoms with Gasteiger partial charge in [-0.15, -0.1) is 0 Å². The lowest BCUT2D eigenvalue weighted by atomic mass is 9.96. The Kier molecular flexibility index (Phi) is 4.53. The standard InChI is InChI=1S/C16H22N2O3/c1-17-10-13-11-18(7-9-20-13)16(19)15-14-5-3-2-4-12(14)6-8-21-15/h2-5,13,15,17H,6-11H2,1H3. The predicted molar refractivity (Wildman–Crippen MR) is 79.1 cm³/mol. The molecule has 2 aliphatic heterocycles. The maximum Gasteiger partial charge on any atom is 0.256 e. The summed E-state index contributed by atoms with van der Waals surface area (Å²) >= 11 is 0. The van der Waals surface area contributed by atoms with E-state index in [1.54, 1.807) is 0 Å². The summed E-state index contributed by atoms with van der Waals surface area (Å²) in [6.07, 6.45) is 0.487. The number of fused-ring (bicyclic) bond motifs is 1. The maximum absolute atomic E-state index is 12.8. The summed E-state index contributed by atoms with van der Waals surface area (Å²) in [5.41, 5.74) is 2.24. The summed E-state index contributed by atoms with van der Waals surface area (Å²) in [6, 6.07) is 8.07. The summed E-state index contributed by atoms with van der Waals surface area (Å²) < 4.78 is 11.4. The number of likely N-dealkylation sites (N-methyl/N-ethyl adjacent to an activating group) is 1. The molecule has 2 heterocycles. The molecule has 1 amide bonds. The highest BCUT2D eigenvalue weighted by atomic mass is 16.5. The summed E-state index contributed by atoms with van der Waals surface area (Å²) in [6.45, 7) is 3.22. The van der Waals surface area contributed by atoms with Gasteiger partial charge in [-0.25, -0.2) is 0 Å². The van der Waals surface area contributed by atoms with E-state index in [-0.39, 0.29) is 12.0 Å². The molecule has 1 aromatic carbocycles. The summed E-state index contributed by atoms with van der Waals surface area (Å²) in [7, 11) is 1.89. The predicted octanol–water partition coefficient (Wildman–Crippen LogP) is 0.747. The van der Waals surface area contributed by atoms with Gasteiger partial charge in [-0.3, -0.25) is 4.79 Å². The van der Waals surface area contributed by atoms with Crippen molar-refractivity contribution >= 4 is 5.91 Å². The first-order valence-corrected chi connectivity index (χ1v) is 7.54. The number of benzene rings is 1. The third kappa shape index (κ3) is 3.10. The third-order valence-electron chi connectivity index (χ3n) is 4.10. The van der Waals surface area contributed by atoms with Crippen LogP contribution in [0.1, 0.15) is 17.2 Å². The van der Waals surface area contributed by atoms with Gasteiger partial charge in [0.2, 0.25) is 0 Å². The molecule has 1 aromatic rings. The highest BCUT2D eigenvalue weighted by Gasteiger charge is 2.33. The Morgan fingerprint density at radius 1 is 1.33 bits per heavy atom. The molecule has 1 fully saturated rings. The fraction of sp³-hybridized carbons (Fsp3) is 0.562. The molecule has 2 atom stereocenters. The molecule has 2 aliphatic rings. The number of carbonyl (C=O) groups is 1. The number of amides is 1. The molecule has 0 aliphatic carbocycles. The highest BCUT2D eigenvalue weighted by Crippen LogP contribution is 2.29. The first-order valence-electron chi connectivity index (χ1n) is 7.54. The second kappa shape index (κ2) is 6.56. The van der Waals surface area contributed by atoms with Crippen molar-refractivity contribution in [2.75, 3.05) is 39.9 Å². The Hall–Kier alpha value is -1.43. The number of nitrogens with zero attached hydrogens (tertiary/aromatic N) is 1. The minimum absolute atomic E-state index is 0.0616. The van der Waals surface area contributed by atoms with Crippen molar-refractivity contribution in [3.8, 4) is 0 Å². The molecule has 1 N–H and O–H groups in total. The Labute approximate surface area is 125 Å². The van der Waals surface area contributed by atoms with Crippen molar-refractivity contribution in [2.45, 2.75) is 18.6 Å². The van der Waals surface area contributed by atoms with Crippen LogP contribution in [0.5, 0.6) is 0 Å². The molecule has 0 saturated carbocycles. The van der Waals surface area contributed by atoms with Gasteiger partial charge >= 0.3 is 0 Å². The first kappa shape index (κ1) is 14.5. The zero-order valence-electron chi connectivity index (χ0n) is 12.4. The smallest absolute Gasteiger partial charge is 0.256 e. The fourth-order valence-corrected chi connectivity index (χ4v) is 3.03. The lowest BCUT2D eigenvalue weighted by Gasteiger charge is -2.36. The van der Waals surface area contributed by atoms with Crippen LogP contribution in [0, 0.1) is 0 Å². The second-order valence-electron chi connectivity index (χ2n) is 5.53. The van der Waals surface area contributed by atoms with Crippen molar-refractivity contribution in [1.29, 1.82) is 0 Å². The molecule has 21 heavy (non-hydrogen) atoms. The molecule has 0 radical (unpaired) electrons. The average Bonchev–Trinajstić information content (AvgIpc) is 2.54. The SMILES string of the molecule is CNCC1CN(C(=O)C2OCCc3ccccc32)CCO1. The number of hydrogen-bond donors (Lipinski definition) is 1. The van der Waals surface area contributed by atoms with Gasteiger partial charge in [0.25, 0.3) is 5.91 Å². The lowest BCUT2D eigenvalue weighted by molar-refractivity contribution is -0.152. The molecule has 2 unspecified atom stereocenters. The van der Waals surface area contributed by atoms with E-state index in [0.29, 0.717) is 26.3 Å². The van der Waals surface area contributed by atoms with E-state index in [1.165, 1.54) is 5.56 Å². The van der Waals surface area contributed by atoms with Gasteiger partial charge in [-0.2, -0.15) is 0 Å². The van der Waals surface area contributed by atoms with Gasteiger partial charge in [0, 0.05) is 19.6 Å². The highest BCUT2D eigenvalue weighted by molar-refractivity contribution is 5.83. The van der Waals surface area contributed by atoms with E-state index >= 15 is 0 Å². The molecule has 114 valence electrons. The monoisotopic (exact) mass is 290 g/mol. The van der Waals surface area contributed by atoms with Crippen molar-refractivity contribution in [2.24, 2.45) is 0 Å². The van der Waals surface area contributed by atoms with E-state index < -0.39 is 6.10 Å². The summed E-state index contributed by atoms with van der Waals surface area (Å²) in [4.78, 5) is 14.7. The van der Waals surface area contributed by atoms with Gasteiger partial charge in [-0.05, 0) is 24.6 Å². The molecular formula is C16H22N2O3. The largest absolute Gasteiger partial charge is 0.373 e. The van der Waals surface area contributed by atoms with E-state index in [2.05, 4.69) is 11.4 Å². The molecule has 5 nitrogen and oxygen atoms in total. The average molecular weight is 290 g/mol. The summed E-state index contributed by atoms with van der Waals surface area (Å²) in [5, 5.41) is 3.10. The second-order valence-corrected chi connectivity index (χ2v) is 5.53. The van der Waals surface area contributed by atoms with Crippen LogP contribution in [0.3, 0.4) is 0 Å². The fourth-order valence-electron chi connectivity index (χ4n) is 3.03. The molecule has 5 heteroatoms. The zero-order valence-corrected chi connectivity index (χ0v) is 12.4. The van der Waals surface area contributed by atoms with Gasteiger partial charge in [0.05, 0.1) is 19.3 Å². The Bertz CT molecular complexity index is 504. The van der Waals surface area contributed by atoms with Crippen LogP contribution >= 0.6 is 0 Å². The van der Waals surface area contributed by atoms with E-state index in [4.69, 9.17) is 9.47 Å². The van der Waals surface area contributed by atoms with Crippen LogP contribution in [0.25, 0.3) is 0 Å². The minimum atomic E-state index is -0.455. The van der Waals surface area contributed by atoms with Crippen molar-refractivity contribution in [3.05, 3.63) is 35.4 Å². The number of ether oxygens (including phenoxy) is 2. The van der Waals surface area contributed by atoms with Gasteiger partial charge in [-0.1, -0.05) is 24.3 Å². The van der Waals surface area contributed by atoms with Crippen LogP contribution in [0.4, 0.5) is 0 Å². The number of morpholine rings is 1. The van der Waals surface area contributed by atoms with Crippen LogP contribution in [0.2, 0.25) is 0 Å². The Balaban J connectivity index is 1.74. The van der Waals surface area contributed by atoms with Gasteiger partial charge in [0.1, 0.15) is 0 Å². The molecule has 0 aromatic heterocycles. The van der Waals surface area contributed by atoms with Gasteiger partial charge < -0.3 is 19.7 Å². The van der Waals surface area contributed by atoms with E-state index in [1.807, 2.05) is 30.1 Å². The number of carbonyl (C=O) groups excluding carboxylic acids is 1. The van der Waals surface area contributed by atoms with E-state index in [0.717, 1.165) is 18.5 Å². The quantitative estimate of drug-likeness (QED) is 0.892. The summed E-state index contributed by atoms with van der Waals surface area (Å²) in [5.74, 6) is 0.0616. The van der Waals surface area contributed by atoms with Crippen molar-refractivity contribution in [1.82, 2.24) is 10.2 Å². The zero-order chi connectivity index (χ0) is 14.7. The molecule has 1 saturated heterocycles. The molecule has 0 bridgehead atoms. The van der Waals surface area contributed by atoms with Crippen molar-refractivity contribution < 1.29 is 14.3 Å². The number of rotatable bonds is 3. The van der Waals surface area contributed by atoms with Crippen molar-refractivity contribution in [3.63, 3.8) is 0 Å². The van der Waals surface area contributed by atoms with Crippen LogP contribution in [-0.4, -0.2) is 56.8 Å². The number of hydrogen-bond acceptors (Lipinski definition) is 4. The molecule has 0 spiro atoms. The van der Waals surface area contributed by atoms with E-state index in [9.17, 15) is 4.79 Å². The number of nitrogens with one attached hydrogen (secondary N) is 1. The van der Waals surface area contributed by atoms with Gasteiger partial charge in [0.15, 0.2) is 6.10 Å². The topological polar surface area (TPSA) is 50.8 Å². The maximum atomic E-state index is 12.8. The molecular weight excluding hydrogens is 268 g/mol. The van der Waals surface area contributed by atoms with Crippen LogP contribution in [0.15, 0.2) is 24.3 Å². The third-order valence-corrected chi connectivity index (χ3v) is 4.10. The molecule has 3 rings (SSSR count). The lowest BCUT2D eigenvalue weighted by Crippen LogP contribution is -2.50.